The van der Waals surface area contributed by atoms with Crippen molar-refractivity contribution in [3.63, 3.8) is 0 Å². The molecule has 6 nitrogen and oxygen atoms in total. The lowest BCUT2D eigenvalue weighted by atomic mass is 10.0. The maximum Gasteiger partial charge on any atom is 0.318 e. The number of carbonyl (C=O) groups is 1. The average Bonchev–Trinajstić information content (AvgIpc) is 3.13. The number of hydrogen-bond acceptors (Lipinski definition) is 3. The van der Waals surface area contributed by atoms with Gasteiger partial charge in [-0.25, -0.2) is 9.78 Å². The third-order valence-corrected chi connectivity index (χ3v) is 5.36. The third-order valence-electron chi connectivity index (χ3n) is 5.36. The molecule has 2 aliphatic heterocycles. The first-order valence-corrected chi connectivity index (χ1v) is 8.89. The number of hydrogen-bond donors (Lipinski definition) is 1. The van der Waals surface area contributed by atoms with Crippen molar-refractivity contribution in [3.05, 3.63) is 47.5 Å². The van der Waals surface area contributed by atoms with Gasteiger partial charge in [0.15, 0.2) is 0 Å². The number of fused-ring (bicyclic) bond motifs is 2. The molecule has 0 saturated heterocycles. The van der Waals surface area contributed by atoms with E-state index in [0.717, 1.165) is 43.9 Å². The summed E-state index contributed by atoms with van der Waals surface area (Å²) >= 11 is 0. The SMILES string of the molecule is COc1ccc2c(c1)CCN(C(=O)NC1CC(C)n3ccnc31)CC2. The third kappa shape index (κ3) is 2.97. The summed E-state index contributed by atoms with van der Waals surface area (Å²) in [5.74, 6) is 1.84. The molecule has 132 valence electrons. The average molecular weight is 340 g/mol. The van der Waals surface area contributed by atoms with Crippen molar-refractivity contribution in [1.29, 1.82) is 0 Å². The number of ether oxygens (including phenoxy) is 1. The molecule has 0 saturated carbocycles. The zero-order chi connectivity index (χ0) is 17.4. The van der Waals surface area contributed by atoms with Crippen LogP contribution < -0.4 is 10.1 Å². The van der Waals surface area contributed by atoms with Crippen molar-refractivity contribution in [3.8, 4) is 5.75 Å². The van der Waals surface area contributed by atoms with E-state index in [-0.39, 0.29) is 12.1 Å². The molecule has 2 aliphatic rings. The molecule has 1 N–H and O–H groups in total. The van der Waals surface area contributed by atoms with Crippen LogP contribution in [0, 0.1) is 0 Å². The molecule has 0 aliphatic carbocycles. The first-order valence-electron chi connectivity index (χ1n) is 8.89. The van der Waals surface area contributed by atoms with E-state index in [9.17, 15) is 4.79 Å². The van der Waals surface area contributed by atoms with Crippen LogP contribution in [0.25, 0.3) is 0 Å². The van der Waals surface area contributed by atoms with E-state index in [1.54, 1.807) is 13.3 Å². The molecule has 25 heavy (non-hydrogen) atoms. The van der Waals surface area contributed by atoms with Crippen molar-refractivity contribution >= 4 is 6.03 Å². The summed E-state index contributed by atoms with van der Waals surface area (Å²) in [6, 6.07) is 6.59. The molecule has 0 radical (unpaired) electrons. The second-order valence-corrected chi connectivity index (χ2v) is 6.90. The van der Waals surface area contributed by atoms with Crippen molar-refractivity contribution in [2.45, 2.75) is 38.3 Å². The molecule has 0 fully saturated rings. The summed E-state index contributed by atoms with van der Waals surface area (Å²) in [7, 11) is 1.69. The standard InChI is InChI=1S/C19H24N4O2/c1-13-11-17(18-20-7-10-23(13)18)21-19(24)22-8-5-14-3-4-16(25-2)12-15(14)6-9-22/h3-4,7,10,12-13,17H,5-6,8-9,11H2,1-2H3,(H,21,24). The van der Waals surface area contributed by atoms with Crippen LogP contribution in [0.4, 0.5) is 4.79 Å². The van der Waals surface area contributed by atoms with Crippen molar-refractivity contribution in [2.24, 2.45) is 0 Å². The fourth-order valence-electron chi connectivity index (χ4n) is 3.92. The molecule has 3 heterocycles. The van der Waals surface area contributed by atoms with Crippen LogP contribution in [-0.4, -0.2) is 40.7 Å². The monoisotopic (exact) mass is 340 g/mol. The van der Waals surface area contributed by atoms with Crippen LogP contribution in [0.3, 0.4) is 0 Å². The van der Waals surface area contributed by atoms with Crippen molar-refractivity contribution < 1.29 is 9.53 Å². The van der Waals surface area contributed by atoms with Crippen LogP contribution in [0.15, 0.2) is 30.6 Å². The highest BCUT2D eigenvalue weighted by Gasteiger charge is 2.31. The minimum Gasteiger partial charge on any atom is -0.497 e. The van der Waals surface area contributed by atoms with Crippen LogP contribution in [0.2, 0.25) is 0 Å². The number of methoxy groups -OCH3 is 1. The quantitative estimate of drug-likeness (QED) is 0.914. The number of nitrogens with zero attached hydrogens (tertiary/aromatic N) is 3. The Morgan fingerprint density at radius 3 is 2.88 bits per heavy atom. The number of nitrogens with one attached hydrogen (secondary N) is 1. The maximum atomic E-state index is 12.8. The largest absolute Gasteiger partial charge is 0.497 e. The van der Waals surface area contributed by atoms with Gasteiger partial charge in [0.05, 0.1) is 13.2 Å². The molecule has 2 unspecified atom stereocenters. The minimum atomic E-state index is 0.00298. The molecule has 6 heteroatoms. The van der Waals surface area contributed by atoms with E-state index in [0.29, 0.717) is 6.04 Å². The van der Waals surface area contributed by atoms with E-state index < -0.39 is 0 Å². The summed E-state index contributed by atoms with van der Waals surface area (Å²) in [5, 5.41) is 3.18. The van der Waals surface area contributed by atoms with Gasteiger partial charge in [0, 0.05) is 31.5 Å². The van der Waals surface area contributed by atoms with Crippen molar-refractivity contribution in [1.82, 2.24) is 19.8 Å². The molecule has 1 aromatic heterocycles. The summed E-state index contributed by atoms with van der Waals surface area (Å²) < 4.78 is 7.47. The van der Waals surface area contributed by atoms with E-state index in [1.165, 1.54) is 11.1 Å². The Labute approximate surface area is 147 Å². The number of urea groups is 1. The zero-order valence-corrected chi connectivity index (χ0v) is 14.7. The zero-order valence-electron chi connectivity index (χ0n) is 14.7. The molecule has 4 rings (SSSR count). The minimum absolute atomic E-state index is 0.00298. The summed E-state index contributed by atoms with van der Waals surface area (Å²) in [5.41, 5.74) is 2.58. The van der Waals surface area contributed by atoms with Crippen LogP contribution >= 0.6 is 0 Å². The second kappa shape index (κ2) is 6.43. The Hall–Kier alpha value is -2.50. The maximum absolute atomic E-state index is 12.8. The molecule has 0 spiro atoms. The van der Waals surface area contributed by atoms with E-state index in [1.807, 2.05) is 17.2 Å². The van der Waals surface area contributed by atoms with Crippen LogP contribution in [0.5, 0.6) is 5.75 Å². The first-order chi connectivity index (χ1) is 12.2. The van der Waals surface area contributed by atoms with Gasteiger partial charge in [-0.2, -0.15) is 0 Å². The highest BCUT2D eigenvalue weighted by Crippen LogP contribution is 2.32. The smallest absolute Gasteiger partial charge is 0.318 e. The number of benzene rings is 1. The topological polar surface area (TPSA) is 59.4 Å². The molecule has 0 bridgehead atoms. The van der Waals surface area contributed by atoms with Gasteiger partial charge in [-0.05, 0) is 49.4 Å². The van der Waals surface area contributed by atoms with Gasteiger partial charge in [-0.15, -0.1) is 0 Å². The molecular formula is C19H24N4O2. The number of carbonyl (C=O) groups excluding carboxylic acids is 1. The number of aromatic nitrogens is 2. The normalized spacial score (nSPS) is 22.1. The van der Waals surface area contributed by atoms with Gasteiger partial charge >= 0.3 is 6.03 Å². The number of imidazole rings is 1. The van der Waals surface area contributed by atoms with Gasteiger partial charge in [0.25, 0.3) is 0 Å². The van der Waals surface area contributed by atoms with Crippen molar-refractivity contribution in [2.75, 3.05) is 20.2 Å². The number of amides is 2. The molecule has 1 aromatic carbocycles. The van der Waals surface area contributed by atoms with E-state index in [4.69, 9.17) is 4.74 Å². The Morgan fingerprint density at radius 1 is 1.28 bits per heavy atom. The predicted molar refractivity (Wildman–Crippen MR) is 94.8 cm³/mol. The molecule has 2 atom stereocenters. The Bertz CT molecular complexity index is 785. The fourth-order valence-corrected chi connectivity index (χ4v) is 3.92. The summed E-state index contributed by atoms with van der Waals surface area (Å²) in [6.07, 6.45) is 6.43. The molecule has 2 aromatic rings. The molecular weight excluding hydrogens is 316 g/mol. The second-order valence-electron chi connectivity index (χ2n) is 6.90. The first kappa shape index (κ1) is 16.0. The van der Waals surface area contributed by atoms with E-state index in [2.05, 4.69) is 33.9 Å². The van der Waals surface area contributed by atoms with Crippen LogP contribution in [0.1, 0.15) is 42.4 Å². The lowest BCUT2D eigenvalue weighted by molar-refractivity contribution is 0.195. The Balaban J connectivity index is 1.43. The van der Waals surface area contributed by atoms with Gasteiger partial charge in [-0.1, -0.05) is 6.07 Å². The Morgan fingerprint density at radius 2 is 2.08 bits per heavy atom. The Kier molecular flexibility index (Phi) is 4.11. The van der Waals surface area contributed by atoms with Gasteiger partial charge in [0.2, 0.25) is 0 Å². The highest BCUT2D eigenvalue weighted by atomic mass is 16.5. The molecule has 2 amide bonds. The van der Waals surface area contributed by atoms with E-state index >= 15 is 0 Å². The van der Waals surface area contributed by atoms with Crippen LogP contribution in [-0.2, 0) is 12.8 Å². The summed E-state index contributed by atoms with van der Waals surface area (Å²) in [4.78, 5) is 19.1. The van der Waals surface area contributed by atoms with Gasteiger partial charge in [0.1, 0.15) is 11.6 Å². The lowest BCUT2D eigenvalue weighted by Crippen LogP contribution is -2.42. The number of rotatable bonds is 2. The van der Waals surface area contributed by atoms with Gasteiger partial charge in [-0.3, -0.25) is 0 Å². The predicted octanol–water partition coefficient (Wildman–Crippen LogP) is 2.71. The lowest BCUT2D eigenvalue weighted by Gasteiger charge is -2.23. The fraction of sp³-hybridized carbons (Fsp3) is 0.474. The summed E-state index contributed by atoms with van der Waals surface area (Å²) in [6.45, 7) is 3.62. The highest BCUT2D eigenvalue weighted by molar-refractivity contribution is 5.75. The van der Waals surface area contributed by atoms with Gasteiger partial charge < -0.3 is 19.5 Å².